The van der Waals surface area contributed by atoms with Crippen LogP contribution >= 0.6 is 0 Å². The average molecular weight is 382 g/mol. The van der Waals surface area contributed by atoms with E-state index < -0.39 is 16.0 Å². The fourth-order valence-electron chi connectivity index (χ4n) is 2.95. The van der Waals surface area contributed by atoms with Crippen molar-refractivity contribution in [3.8, 4) is 0 Å². The number of non-ortho nitro benzene ring substituents is 1. The second kappa shape index (κ2) is 8.40. The third kappa shape index (κ3) is 4.21. The largest absolute Gasteiger partial charge is 0.365 e. The molecule has 144 valence electrons. The van der Waals surface area contributed by atoms with E-state index in [-0.39, 0.29) is 24.7 Å². The highest BCUT2D eigenvalue weighted by Crippen LogP contribution is 2.28. The molecule has 3 aromatic rings. The Hall–Kier alpha value is -3.59. The van der Waals surface area contributed by atoms with Crippen molar-refractivity contribution in [3.05, 3.63) is 98.0 Å². The van der Waals surface area contributed by atoms with Crippen molar-refractivity contribution in [3.63, 3.8) is 0 Å². The molecule has 9 nitrogen and oxygen atoms in total. The highest BCUT2D eigenvalue weighted by molar-refractivity contribution is 5.39. The molecule has 0 aliphatic carbocycles. The molecule has 28 heavy (non-hydrogen) atoms. The minimum absolute atomic E-state index is 0.0249. The summed E-state index contributed by atoms with van der Waals surface area (Å²) in [7, 11) is 0. The van der Waals surface area contributed by atoms with Gasteiger partial charge in [0.25, 0.3) is 5.69 Å². The lowest BCUT2D eigenvalue weighted by Crippen LogP contribution is -2.14. The maximum absolute atomic E-state index is 11.1. The van der Waals surface area contributed by atoms with Crippen molar-refractivity contribution < 1.29 is 14.6 Å². The fraction of sp³-hybridized carbons (Fsp3) is 0.211. The van der Waals surface area contributed by atoms with Crippen molar-refractivity contribution in [2.75, 3.05) is 6.61 Å². The van der Waals surface area contributed by atoms with Crippen LogP contribution in [0.15, 0.2) is 60.8 Å². The number of ether oxygens (including phenoxy) is 1. The molecule has 1 atom stereocenters. The maximum Gasteiger partial charge on any atom is 0.342 e. The number of hydrogen-bond donors (Lipinski definition) is 0. The Morgan fingerprint density at radius 3 is 2.43 bits per heavy atom. The summed E-state index contributed by atoms with van der Waals surface area (Å²) in [6.45, 7) is 2.09. The molecule has 0 saturated carbocycles. The predicted octanol–water partition coefficient (Wildman–Crippen LogP) is 3.81. The van der Waals surface area contributed by atoms with Crippen LogP contribution in [0.5, 0.6) is 0 Å². The van der Waals surface area contributed by atoms with Gasteiger partial charge in [-0.05, 0) is 16.1 Å². The zero-order chi connectivity index (χ0) is 20.1. The summed E-state index contributed by atoms with van der Waals surface area (Å²) in [5.74, 6) is 0.412. The molecule has 9 heteroatoms. The second-order valence-corrected chi connectivity index (χ2v) is 6.09. The molecule has 0 amide bonds. The summed E-state index contributed by atoms with van der Waals surface area (Å²) >= 11 is 0. The number of imidazole rings is 1. The number of nitro benzene ring substituents is 1. The van der Waals surface area contributed by atoms with E-state index >= 15 is 0 Å². The van der Waals surface area contributed by atoms with E-state index in [1.807, 2.05) is 30.3 Å². The summed E-state index contributed by atoms with van der Waals surface area (Å²) in [5.41, 5.74) is 1.44. The number of rotatable bonds is 8. The van der Waals surface area contributed by atoms with Crippen molar-refractivity contribution in [2.45, 2.75) is 19.6 Å². The summed E-state index contributed by atoms with van der Waals surface area (Å²) in [4.78, 5) is 25.3. The van der Waals surface area contributed by atoms with Gasteiger partial charge in [-0.25, -0.2) is 9.55 Å². The van der Waals surface area contributed by atoms with Gasteiger partial charge in [-0.15, -0.1) is 0 Å². The molecule has 1 heterocycles. The van der Waals surface area contributed by atoms with E-state index in [1.54, 1.807) is 19.1 Å². The van der Waals surface area contributed by atoms with Crippen LogP contribution in [-0.2, 0) is 11.3 Å². The van der Waals surface area contributed by atoms with Crippen LogP contribution in [0.2, 0.25) is 0 Å². The van der Waals surface area contributed by atoms with Crippen molar-refractivity contribution in [2.24, 2.45) is 0 Å². The first-order valence-corrected chi connectivity index (χ1v) is 8.55. The smallest absolute Gasteiger partial charge is 0.342 e. The van der Waals surface area contributed by atoms with Crippen LogP contribution in [0.1, 0.15) is 23.1 Å². The van der Waals surface area contributed by atoms with Gasteiger partial charge in [-0.2, -0.15) is 0 Å². The van der Waals surface area contributed by atoms with E-state index in [0.29, 0.717) is 11.4 Å². The number of benzene rings is 2. The van der Waals surface area contributed by atoms with Crippen LogP contribution in [0.4, 0.5) is 11.5 Å². The van der Waals surface area contributed by atoms with Crippen LogP contribution in [0, 0.1) is 27.2 Å². The summed E-state index contributed by atoms with van der Waals surface area (Å²) in [6, 6.07) is 15.6. The van der Waals surface area contributed by atoms with Crippen LogP contribution < -0.4 is 0 Å². The first-order valence-electron chi connectivity index (χ1n) is 8.55. The average Bonchev–Trinajstić information content (AvgIpc) is 3.07. The van der Waals surface area contributed by atoms with Crippen molar-refractivity contribution in [1.82, 2.24) is 9.55 Å². The zero-order valence-electron chi connectivity index (χ0n) is 15.1. The van der Waals surface area contributed by atoms with E-state index in [4.69, 9.17) is 4.74 Å². The lowest BCUT2D eigenvalue weighted by Gasteiger charge is -2.18. The number of aromatic nitrogens is 2. The summed E-state index contributed by atoms with van der Waals surface area (Å²) in [6.07, 6.45) is 0.675. The molecule has 0 aliphatic heterocycles. The highest BCUT2D eigenvalue weighted by Gasteiger charge is 2.20. The molecular weight excluding hydrogens is 364 g/mol. The van der Waals surface area contributed by atoms with E-state index in [0.717, 1.165) is 5.56 Å². The molecule has 1 aromatic heterocycles. The topological polar surface area (TPSA) is 113 Å². The summed E-state index contributed by atoms with van der Waals surface area (Å²) in [5, 5.41) is 22.2. The first kappa shape index (κ1) is 19.2. The lowest BCUT2D eigenvalue weighted by atomic mass is 10.0. The SMILES string of the molecule is Cc1ncc([N+](=O)[O-])n1CCOC(c1ccccc1)c1cccc([N+](=O)[O-])c1. The Balaban J connectivity index is 1.83. The van der Waals surface area contributed by atoms with E-state index in [2.05, 4.69) is 4.98 Å². The van der Waals surface area contributed by atoms with Gasteiger partial charge in [-0.1, -0.05) is 42.5 Å². The Kier molecular flexibility index (Phi) is 5.75. The number of nitrogens with zero attached hydrogens (tertiary/aromatic N) is 4. The first-order chi connectivity index (χ1) is 13.5. The summed E-state index contributed by atoms with van der Waals surface area (Å²) < 4.78 is 7.49. The molecule has 0 fully saturated rings. The van der Waals surface area contributed by atoms with Gasteiger partial charge in [-0.3, -0.25) is 10.1 Å². The van der Waals surface area contributed by atoms with Gasteiger partial charge < -0.3 is 14.9 Å². The van der Waals surface area contributed by atoms with E-state index in [1.165, 1.54) is 22.9 Å². The molecule has 0 bridgehead atoms. The van der Waals surface area contributed by atoms with Crippen LogP contribution in [-0.4, -0.2) is 26.0 Å². The predicted molar refractivity (Wildman–Crippen MR) is 101 cm³/mol. The number of aryl methyl sites for hydroxylation is 1. The fourth-order valence-corrected chi connectivity index (χ4v) is 2.95. The zero-order valence-corrected chi connectivity index (χ0v) is 15.1. The maximum atomic E-state index is 11.1. The molecule has 0 spiro atoms. The number of hydrogen-bond acceptors (Lipinski definition) is 6. The minimum Gasteiger partial charge on any atom is -0.365 e. The molecule has 1 unspecified atom stereocenters. The van der Waals surface area contributed by atoms with Gasteiger partial charge in [0.15, 0.2) is 5.82 Å². The van der Waals surface area contributed by atoms with Gasteiger partial charge in [0.1, 0.15) is 18.8 Å². The van der Waals surface area contributed by atoms with Crippen LogP contribution in [0.3, 0.4) is 0 Å². The number of nitro groups is 2. The minimum atomic E-state index is -0.538. The molecule has 0 saturated heterocycles. The Morgan fingerprint density at radius 1 is 1.04 bits per heavy atom. The van der Waals surface area contributed by atoms with Gasteiger partial charge >= 0.3 is 5.82 Å². The lowest BCUT2D eigenvalue weighted by molar-refractivity contribution is -0.392. The molecule has 0 aliphatic rings. The van der Waals surface area contributed by atoms with Gasteiger partial charge in [0.05, 0.1) is 11.5 Å². The van der Waals surface area contributed by atoms with Crippen molar-refractivity contribution in [1.29, 1.82) is 0 Å². The third-order valence-electron chi connectivity index (χ3n) is 4.31. The molecule has 3 rings (SSSR count). The molecular formula is C19H18N4O5. The quantitative estimate of drug-likeness (QED) is 0.432. The Bertz CT molecular complexity index is 987. The third-order valence-corrected chi connectivity index (χ3v) is 4.31. The normalized spacial score (nSPS) is 11.9. The van der Waals surface area contributed by atoms with Gasteiger partial charge in [0, 0.05) is 19.1 Å². The Labute approximate surface area is 160 Å². The van der Waals surface area contributed by atoms with Crippen LogP contribution in [0.25, 0.3) is 0 Å². The monoisotopic (exact) mass is 382 g/mol. The standard InChI is InChI=1S/C19H18N4O5/c1-14-20-13-18(23(26)27)21(14)10-11-28-19(15-6-3-2-4-7-15)16-8-5-9-17(12-16)22(24)25/h2-9,12-13,19H,10-11H2,1H3. The van der Waals surface area contributed by atoms with Gasteiger partial charge in [0.2, 0.25) is 0 Å². The van der Waals surface area contributed by atoms with Crippen molar-refractivity contribution >= 4 is 11.5 Å². The second-order valence-electron chi connectivity index (χ2n) is 6.09. The molecule has 0 radical (unpaired) electrons. The molecule has 0 N–H and O–H groups in total. The Morgan fingerprint density at radius 2 is 1.75 bits per heavy atom. The van der Waals surface area contributed by atoms with E-state index in [9.17, 15) is 20.2 Å². The molecule has 2 aromatic carbocycles. The highest BCUT2D eigenvalue weighted by atomic mass is 16.6.